The molecule has 0 aromatic carbocycles. The zero-order chi connectivity index (χ0) is 47.9. The van der Waals surface area contributed by atoms with E-state index in [0.29, 0.717) is 12.8 Å². The smallest absolute Gasteiger partial charge is 0.306 e. The van der Waals surface area contributed by atoms with Crippen LogP contribution in [-0.2, 0) is 28.6 Å². The predicted molar refractivity (Wildman–Crippen MR) is 283 cm³/mol. The van der Waals surface area contributed by atoms with Crippen LogP contribution in [0.1, 0.15) is 233 Å². The predicted octanol–water partition coefficient (Wildman–Crippen LogP) is 17.9. The minimum absolute atomic E-state index is 0.0997. The van der Waals surface area contributed by atoms with Crippen LogP contribution in [0.15, 0.2) is 109 Å². The molecule has 66 heavy (non-hydrogen) atoms. The molecule has 0 saturated heterocycles. The summed E-state index contributed by atoms with van der Waals surface area (Å²) >= 11 is 0. The lowest BCUT2D eigenvalue weighted by molar-refractivity contribution is -0.167. The van der Waals surface area contributed by atoms with E-state index in [4.69, 9.17) is 14.2 Å². The number of unbranched alkanes of at least 4 members (excludes halogenated alkanes) is 18. The third kappa shape index (κ3) is 51.1. The summed E-state index contributed by atoms with van der Waals surface area (Å²) in [4.78, 5) is 38.0. The van der Waals surface area contributed by atoms with E-state index in [1.165, 1.54) is 57.8 Å². The van der Waals surface area contributed by atoms with Crippen LogP contribution < -0.4 is 0 Å². The first-order valence-electron chi connectivity index (χ1n) is 26.9. The molecule has 6 heteroatoms. The maximum atomic E-state index is 12.8. The van der Waals surface area contributed by atoms with E-state index in [2.05, 4.69) is 130 Å². The van der Waals surface area contributed by atoms with Gasteiger partial charge in [-0.1, -0.05) is 220 Å². The van der Waals surface area contributed by atoms with Crippen molar-refractivity contribution in [3.63, 3.8) is 0 Å². The van der Waals surface area contributed by atoms with Crippen molar-refractivity contribution < 1.29 is 28.6 Å². The average molecular weight is 915 g/mol. The lowest BCUT2D eigenvalue weighted by Gasteiger charge is -2.18. The van der Waals surface area contributed by atoms with Gasteiger partial charge in [0.2, 0.25) is 0 Å². The molecule has 0 heterocycles. The molecular formula is C60H98O6. The van der Waals surface area contributed by atoms with Crippen molar-refractivity contribution in [1.82, 2.24) is 0 Å². The molecule has 0 bridgehead atoms. The third-order valence-electron chi connectivity index (χ3n) is 11.0. The summed E-state index contributed by atoms with van der Waals surface area (Å²) in [5.41, 5.74) is 0. The highest BCUT2D eigenvalue weighted by molar-refractivity contribution is 5.71. The number of ether oxygens (including phenoxy) is 3. The van der Waals surface area contributed by atoms with Crippen molar-refractivity contribution in [1.29, 1.82) is 0 Å². The van der Waals surface area contributed by atoms with E-state index in [1.807, 2.05) is 0 Å². The molecule has 374 valence electrons. The van der Waals surface area contributed by atoms with E-state index in [9.17, 15) is 14.4 Å². The Balaban J connectivity index is 4.50. The quantitative estimate of drug-likeness (QED) is 0.0262. The van der Waals surface area contributed by atoms with Crippen molar-refractivity contribution in [3.8, 4) is 0 Å². The molecule has 0 aliphatic rings. The maximum absolute atomic E-state index is 12.8. The molecule has 0 aromatic rings. The van der Waals surface area contributed by atoms with Crippen LogP contribution >= 0.6 is 0 Å². The third-order valence-corrected chi connectivity index (χ3v) is 11.0. The number of hydrogen-bond donors (Lipinski definition) is 0. The number of rotatable bonds is 47. The molecule has 0 aliphatic carbocycles. The van der Waals surface area contributed by atoms with Gasteiger partial charge in [0.15, 0.2) is 6.10 Å². The fraction of sp³-hybridized carbons (Fsp3) is 0.650. The SMILES string of the molecule is CC/C=C\C/C=C\C/C=C\C/C=C\C/C=C\CCCCCC(=O)O[C@H](COC(=O)CCCCCC/C=C\C/C=C\C/C=C\C/C=C\CC)COC(=O)CCCCCCCCCCCCCC. The van der Waals surface area contributed by atoms with Gasteiger partial charge in [-0.3, -0.25) is 14.4 Å². The van der Waals surface area contributed by atoms with Crippen molar-refractivity contribution >= 4 is 17.9 Å². The monoisotopic (exact) mass is 915 g/mol. The standard InChI is InChI=1S/C60H98O6/c1-4-7-10-13-16-19-22-25-27-29-30-32-34-36-39-42-45-48-51-54-60(63)66-57(55-64-58(61)52-49-46-43-40-37-24-21-18-15-12-9-6-3)56-65-59(62)53-50-47-44-41-38-35-33-31-28-26-23-20-17-14-11-8-5-2/h7-8,10-11,16-17,19-20,25-28,30,32-33,35-36,39,57H,4-6,9,12-15,18,21-24,29,31,34,37-38,40-56H2,1-3H3/b10-7-,11-8-,19-16-,20-17-,27-25-,28-26-,32-30-,35-33-,39-36-/t57-/m0/s1. The lowest BCUT2D eigenvalue weighted by atomic mass is 10.0. The zero-order valence-electron chi connectivity index (χ0n) is 42.7. The number of allylic oxidation sites excluding steroid dienone is 18. The second-order valence-corrected chi connectivity index (χ2v) is 17.4. The largest absolute Gasteiger partial charge is 0.462 e. The molecule has 1 atom stereocenters. The molecule has 0 N–H and O–H groups in total. The van der Waals surface area contributed by atoms with Gasteiger partial charge < -0.3 is 14.2 Å². The summed E-state index contributed by atoms with van der Waals surface area (Å²) in [5.74, 6) is -0.959. The Bertz CT molecular complexity index is 1370. The molecular weight excluding hydrogens is 817 g/mol. The second kappa shape index (κ2) is 53.7. The lowest BCUT2D eigenvalue weighted by Crippen LogP contribution is -2.30. The fourth-order valence-electron chi connectivity index (χ4n) is 7.05. The normalized spacial score (nSPS) is 13.0. The van der Waals surface area contributed by atoms with E-state index in [1.54, 1.807) is 0 Å². The second-order valence-electron chi connectivity index (χ2n) is 17.4. The van der Waals surface area contributed by atoms with E-state index in [0.717, 1.165) is 135 Å². The van der Waals surface area contributed by atoms with Crippen LogP contribution in [0.25, 0.3) is 0 Å². The Labute approximate surface area is 406 Å². The first kappa shape index (κ1) is 62.1. The first-order valence-corrected chi connectivity index (χ1v) is 26.9. The van der Waals surface area contributed by atoms with E-state index >= 15 is 0 Å². The Kier molecular flexibility index (Phi) is 50.5. The Hall–Kier alpha value is -3.93. The molecule has 0 aromatic heterocycles. The van der Waals surface area contributed by atoms with Gasteiger partial charge in [-0.25, -0.2) is 0 Å². The van der Waals surface area contributed by atoms with Crippen molar-refractivity contribution in [2.24, 2.45) is 0 Å². The van der Waals surface area contributed by atoms with Gasteiger partial charge in [0, 0.05) is 19.3 Å². The summed E-state index contributed by atoms with van der Waals surface area (Å²) in [6, 6.07) is 0. The Morgan fingerprint density at radius 1 is 0.318 bits per heavy atom. The van der Waals surface area contributed by atoms with Gasteiger partial charge in [0.05, 0.1) is 0 Å². The highest BCUT2D eigenvalue weighted by atomic mass is 16.6. The average Bonchev–Trinajstić information content (AvgIpc) is 3.31. The van der Waals surface area contributed by atoms with E-state index in [-0.39, 0.29) is 37.5 Å². The van der Waals surface area contributed by atoms with Crippen LogP contribution in [0.2, 0.25) is 0 Å². The van der Waals surface area contributed by atoms with Crippen LogP contribution in [0.4, 0.5) is 0 Å². The molecule has 6 nitrogen and oxygen atoms in total. The Morgan fingerprint density at radius 2 is 0.591 bits per heavy atom. The summed E-state index contributed by atoms with van der Waals surface area (Å²) in [6.07, 6.45) is 72.1. The molecule has 0 amide bonds. The number of esters is 3. The highest BCUT2D eigenvalue weighted by Gasteiger charge is 2.19. The topological polar surface area (TPSA) is 78.9 Å². The molecule has 0 radical (unpaired) electrons. The van der Waals surface area contributed by atoms with Crippen molar-refractivity contribution in [3.05, 3.63) is 109 Å². The van der Waals surface area contributed by atoms with Gasteiger partial charge >= 0.3 is 17.9 Å². The van der Waals surface area contributed by atoms with Crippen molar-refractivity contribution in [2.75, 3.05) is 13.2 Å². The van der Waals surface area contributed by atoms with Crippen molar-refractivity contribution in [2.45, 2.75) is 239 Å². The van der Waals surface area contributed by atoms with Crippen LogP contribution in [-0.4, -0.2) is 37.2 Å². The van der Waals surface area contributed by atoms with Gasteiger partial charge in [-0.15, -0.1) is 0 Å². The fourth-order valence-corrected chi connectivity index (χ4v) is 7.05. The number of carbonyl (C=O) groups excluding carboxylic acids is 3. The molecule has 0 spiro atoms. The van der Waals surface area contributed by atoms with Crippen LogP contribution in [0.5, 0.6) is 0 Å². The summed E-state index contributed by atoms with van der Waals surface area (Å²) in [5, 5.41) is 0. The molecule has 0 rings (SSSR count). The van der Waals surface area contributed by atoms with E-state index < -0.39 is 6.10 Å². The molecule has 0 fully saturated rings. The van der Waals surface area contributed by atoms with Crippen LogP contribution in [0.3, 0.4) is 0 Å². The minimum atomic E-state index is -0.806. The zero-order valence-corrected chi connectivity index (χ0v) is 42.7. The van der Waals surface area contributed by atoms with Gasteiger partial charge in [0.25, 0.3) is 0 Å². The first-order chi connectivity index (χ1) is 32.5. The molecule has 0 saturated carbocycles. The summed E-state index contributed by atoms with van der Waals surface area (Å²) in [6.45, 7) is 6.35. The highest BCUT2D eigenvalue weighted by Crippen LogP contribution is 2.14. The van der Waals surface area contributed by atoms with Gasteiger partial charge in [-0.05, 0) is 103 Å². The minimum Gasteiger partial charge on any atom is -0.462 e. The number of hydrogen-bond acceptors (Lipinski definition) is 6. The van der Waals surface area contributed by atoms with Gasteiger partial charge in [-0.2, -0.15) is 0 Å². The molecule has 0 unspecified atom stereocenters. The summed E-state index contributed by atoms with van der Waals surface area (Å²) < 4.78 is 16.8. The Morgan fingerprint density at radius 3 is 0.939 bits per heavy atom. The summed E-state index contributed by atoms with van der Waals surface area (Å²) in [7, 11) is 0. The number of carbonyl (C=O) groups is 3. The van der Waals surface area contributed by atoms with Gasteiger partial charge in [0.1, 0.15) is 13.2 Å². The van der Waals surface area contributed by atoms with Crippen LogP contribution in [0, 0.1) is 0 Å². The maximum Gasteiger partial charge on any atom is 0.306 e. The molecule has 0 aliphatic heterocycles.